The van der Waals surface area contributed by atoms with E-state index < -0.39 is 6.10 Å². The van der Waals surface area contributed by atoms with Crippen molar-refractivity contribution in [3.63, 3.8) is 0 Å². The van der Waals surface area contributed by atoms with Crippen LogP contribution in [0.1, 0.15) is 0 Å². The van der Waals surface area contributed by atoms with E-state index >= 15 is 0 Å². The van der Waals surface area contributed by atoms with E-state index in [4.69, 9.17) is 13.9 Å². The molecule has 4 rings (SSSR count). The Morgan fingerprint density at radius 2 is 1.89 bits per heavy atom. The number of aliphatic hydroxyl groups is 1. The largest absolute Gasteiger partial charge is 0.491 e. The van der Waals surface area contributed by atoms with Gasteiger partial charge >= 0.3 is 0 Å². The molecule has 6 heteroatoms. The number of β-amino-alcohol motifs (C(OH)–C–C–N with tert-alkyl or cyclic N) is 1. The van der Waals surface area contributed by atoms with Gasteiger partial charge in [-0.15, -0.1) is 0 Å². The maximum absolute atomic E-state index is 13.3. The minimum absolute atomic E-state index is 0.236. The molecule has 142 valence electrons. The second-order valence-corrected chi connectivity index (χ2v) is 6.70. The summed E-state index contributed by atoms with van der Waals surface area (Å²) in [6, 6.07) is 12.1. The van der Waals surface area contributed by atoms with Gasteiger partial charge in [-0.05, 0) is 42.5 Å². The number of hydrogen-bond donors (Lipinski definition) is 1. The molecule has 5 nitrogen and oxygen atoms in total. The van der Waals surface area contributed by atoms with Crippen LogP contribution >= 0.6 is 0 Å². The highest BCUT2D eigenvalue weighted by molar-refractivity contribution is 5.94. The first-order chi connectivity index (χ1) is 13.2. The van der Waals surface area contributed by atoms with Crippen LogP contribution in [0.25, 0.3) is 22.1 Å². The number of hydrogen-bond acceptors (Lipinski definition) is 5. The minimum atomic E-state index is -0.549. The van der Waals surface area contributed by atoms with E-state index in [-0.39, 0.29) is 12.4 Å². The van der Waals surface area contributed by atoms with Crippen LogP contribution in [0.4, 0.5) is 4.39 Å². The second kappa shape index (κ2) is 8.08. The summed E-state index contributed by atoms with van der Waals surface area (Å²) in [5.74, 6) is 1.10. The van der Waals surface area contributed by atoms with Crippen molar-refractivity contribution < 1.29 is 23.4 Å². The van der Waals surface area contributed by atoms with Crippen LogP contribution in [-0.4, -0.2) is 55.6 Å². The van der Waals surface area contributed by atoms with E-state index in [2.05, 4.69) is 4.90 Å². The van der Waals surface area contributed by atoms with Crippen LogP contribution in [0.5, 0.6) is 5.75 Å². The highest BCUT2D eigenvalue weighted by Gasteiger charge is 2.15. The maximum atomic E-state index is 13.3. The first-order valence-electron chi connectivity index (χ1n) is 9.07. The molecule has 1 saturated heterocycles. The number of fused-ring (bicyclic) bond motifs is 1. The highest BCUT2D eigenvalue weighted by atomic mass is 19.1. The molecule has 1 aromatic heterocycles. The molecule has 0 spiro atoms. The molecule has 0 radical (unpaired) electrons. The quantitative estimate of drug-likeness (QED) is 0.721. The van der Waals surface area contributed by atoms with Gasteiger partial charge in [0.05, 0.1) is 19.5 Å². The van der Waals surface area contributed by atoms with Gasteiger partial charge in [0, 0.05) is 36.0 Å². The van der Waals surface area contributed by atoms with Crippen molar-refractivity contribution in [3.05, 3.63) is 54.5 Å². The molecule has 2 heterocycles. The molecule has 0 amide bonds. The van der Waals surface area contributed by atoms with Crippen LogP contribution in [0.2, 0.25) is 0 Å². The molecule has 1 atom stereocenters. The minimum Gasteiger partial charge on any atom is -0.491 e. The lowest BCUT2D eigenvalue weighted by molar-refractivity contribution is 0.00465. The molecule has 1 aliphatic rings. The smallest absolute Gasteiger partial charge is 0.141 e. The van der Waals surface area contributed by atoms with Crippen molar-refractivity contribution in [2.24, 2.45) is 0 Å². The topological polar surface area (TPSA) is 55.1 Å². The summed E-state index contributed by atoms with van der Waals surface area (Å²) >= 11 is 0. The molecule has 0 unspecified atom stereocenters. The Kier molecular flexibility index (Phi) is 5.38. The lowest BCUT2D eigenvalue weighted by Crippen LogP contribution is -2.42. The molecule has 27 heavy (non-hydrogen) atoms. The van der Waals surface area contributed by atoms with Gasteiger partial charge in [0.15, 0.2) is 0 Å². The fourth-order valence-electron chi connectivity index (χ4n) is 3.28. The SMILES string of the molecule is O[C@H](COc1ccc(-c2occ3cc(F)ccc23)cc1)CN1CCOCC1. The lowest BCUT2D eigenvalue weighted by Gasteiger charge is -2.28. The molecule has 2 aromatic carbocycles. The average molecular weight is 371 g/mol. The number of furan rings is 1. The molecule has 1 fully saturated rings. The first-order valence-corrected chi connectivity index (χ1v) is 9.07. The maximum Gasteiger partial charge on any atom is 0.141 e. The van der Waals surface area contributed by atoms with Crippen molar-refractivity contribution in [1.82, 2.24) is 4.90 Å². The summed E-state index contributed by atoms with van der Waals surface area (Å²) in [5, 5.41) is 11.8. The summed E-state index contributed by atoms with van der Waals surface area (Å²) in [6.07, 6.45) is 1.01. The summed E-state index contributed by atoms with van der Waals surface area (Å²) in [5.41, 5.74) is 0.887. The highest BCUT2D eigenvalue weighted by Crippen LogP contribution is 2.31. The van der Waals surface area contributed by atoms with E-state index in [9.17, 15) is 9.50 Å². The molecule has 0 aliphatic carbocycles. The van der Waals surface area contributed by atoms with E-state index in [0.29, 0.717) is 31.3 Å². The molecule has 0 bridgehead atoms. The Morgan fingerprint density at radius 1 is 1.11 bits per heavy atom. The van der Waals surface area contributed by atoms with Gasteiger partial charge in [0.25, 0.3) is 0 Å². The fraction of sp³-hybridized carbons (Fsp3) is 0.333. The predicted octanol–water partition coefficient (Wildman–Crippen LogP) is 3.31. The van der Waals surface area contributed by atoms with Crippen molar-refractivity contribution >= 4 is 10.8 Å². The Balaban J connectivity index is 1.37. The van der Waals surface area contributed by atoms with Gasteiger partial charge in [-0.1, -0.05) is 0 Å². The summed E-state index contributed by atoms with van der Waals surface area (Å²) in [6.45, 7) is 3.92. The van der Waals surface area contributed by atoms with Crippen LogP contribution in [-0.2, 0) is 4.74 Å². The van der Waals surface area contributed by atoms with Crippen molar-refractivity contribution in [2.45, 2.75) is 6.10 Å². The van der Waals surface area contributed by atoms with Crippen LogP contribution in [0.15, 0.2) is 53.1 Å². The Morgan fingerprint density at radius 3 is 2.67 bits per heavy atom. The van der Waals surface area contributed by atoms with Crippen LogP contribution in [0.3, 0.4) is 0 Å². The second-order valence-electron chi connectivity index (χ2n) is 6.70. The molecular weight excluding hydrogens is 349 g/mol. The number of aliphatic hydroxyl groups excluding tert-OH is 1. The van der Waals surface area contributed by atoms with Crippen LogP contribution in [0, 0.1) is 5.82 Å². The van der Waals surface area contributed by atoms with Crippen molar-refractivity contribution in [2.75, 3.05) is 39.5 Å². The van der Waals surface area contributed by atoms with E-state index in [0.717, 1.165) is 29.4 Å². The van der Waals surface area contributed by atoms with Crippen molar-refractivity contribution in [1.29, 1.82) is 0 Å². The zero-order chi connectivity index (χ0) is 18.6. The Labute approximate surface area is 156 Å². The third-order valence-corrected chi connectivity index (χ3v) is 4.69. The number of benzene rings is 2. The normalized spacial score (nSPS) is 16.5. The van der Waals surface area contributed by atoms with E-state index in [1.165, 1.54) is 12.1 Å². The molecule has 0 saturated carbocycles. The third kappa shape index (κ3) is 4.30. The van der Waals surface area contributed by atoms with Gasteiger partial charge in [0.2, 0.25) is 0 Å². The summed E-state index contributed by atoms with van der Waals surface area (Å²) in [7, 11) is 0. The molecular formula is C21H22FNO4. The van der Waals surface area contributed by atoms with Gasteiger partial charge in [0.1, 0.15) is 30.0 Å². The average Bonchev–Trinajstić information content (AvgIpc) is 3.10. The number of halogens is 1. The molecule has 1 aliphatic heterocycles. The van der Waals surface area contributed by atoms with Gasteiger partial charge < -0.3 is 19.0 Å². The van der Waals surface area contributed by atoms with Gasteiger partial charge in [-0.25, -0.2) is 4.39 Å². The lowest BCUT2D eigenvalue weighted by atomic mass is 10.1. The standard InChI is InChI=1S/C21H22FNO4/c22-17-3-6-20-16(11-17)13-27-21(20)15-1-4-19(5-2-15)26-14-18(24)12-23-7-9-25-10-8-23/h1-6,11,13,18,24H,7-10,12,14H2/t18-/m0/s1. The zero-order valence-corrected chi connectivity index (χ0v) is 14.9. The summed E-state index contributed by atoms with van der Waals surface area (Å²) < 4.78 is 29.9. The van der Waals surface area contributed by atoms with Gasteiger partial charge in [-0.2, -0.15) is 0 Å². The van der Waals surface area contributed by atoms with Crippen LogP contribution < -0.4 is 4.74 Å². The number of morpholine rings is 1. The first kappa shape index (κ1) is 18.0. The molecule has 1 N–H and O–H groups in total. The van der Waals surface area contributed by atoms with Crippen molar-refractivity contribution in [3.8, 4) is 17.1 Å². The van der Waals surface area contributed by atoms with Gasteiger partial charge in [-0.3, -0.25) is 4.90 Å². The Bertz CT molecular complexity index is 887. The van der Waals surface area contributed by atoms with E-state index in [1.54, 1.807) is 12.3 Å². The molecule has 3 aromatic rings. The Hall–Kier alpha value is -2.41. The zero-order valence-electron chi connectivity index (χ0n) is 14.9. The summed E-state index contributed by atoms with van der Waals surface area (Å²) in [4.78, 5) is 2.17. The number of nitrogens with zero attached hydrogens (tertiary/aromatic N) is 1. The fourth-order valence-corrected chi connectivity index (χ4v) is 3.28. The third-order valence-electron chi connectivity index (χ3n) is 4.69. The predicted molar refractivity (Wildman–Crippen MR) is 100 cm³/mol. The number of rotatable bonds is 6. The van der Waals surface area contributed by atoms with E-state index in [1.807, 2.05) is 24.3 Å². The monoisotopic (exact) mass is 371 g/mol. The number of ether oxygens (including phenoxy) is 2.